The van der Waals surface area contributed by atoms with E-state index in [-0.39, 0.29) is 23.3 Å². The molecule has 17 heavy (non-hydrogen) atoms. The topological polar surface area (TPSA) is 49.4 Å². The molecule has 0 saturated carbocycles. The summed E-state index contributed by atoms with van der Waals surface area (Å²) < 4.78 is 0. The molecular formula is C13H24N2O2. The number of carbonyl (C=O) groups excluding carboxylic acids is 2. The van der Waals surface area contributed by atoms with Gasteiger partial charge in [-0.3, -0.25) is 14.5 Å². The number of hydrogen-bond donors (Lipinski definition) is 1. The van der Waals surface area contributed by atoms with Crippen molar-refractivity contribution in [2.75, 3.05) is 13.1 Å². The number of amides is 1. The van der Waals surface area contributed by atoms with Gasteiger partial charge in [0.1, 0.15) is 5.78 Å². The first-order valence-electron chi connectivity index (χ1n) is 6.32. The number of nitrogens with zero attached hydrogens (tertiary/aromatic N) is 1. The van der Waals surface area contributed by atoms with Crippen molar-refractivity contribution >= 4 is 11.7 Å². The van der Waals surface area contributed by atoms with Gasteiger partial charge < -0.3 is 5.32 Å². The minimum Gasteiger partial charge on any atom is -0.350 e. The van der Waals surface area contributed by atoms with Gasteiger partial charge in [-0.25, -0.2) is 0 Å². The van der Waals surface area contributed by atoms with Crippen LogP contribution in [0.5, 0.6) is 0 Å². The van der Waals surface area contributed by atoms with E-state index in [0.717, 1.165) is 19.4 Å². The average Bonchev–Trinajstić information content (AvgIpc) is 2.47. The lowest BCUT2D eigenvalue weighted by Crippen LogP contribution is -2.47. The molecule has 1 unspecified atom stereocenters. The van der Waals surface area contributed by atoms with Crippen molar-refractivity contribution in [2.45, 2.75) is 58.5 Å². The van der Waals surface area contributed by atoms with Crippen LogP contribution in [0.15, 0.2) is 0 Å². The van der Waals surface area contributed by atoms with Gasteiger partial charge in [-0.05, 0) is 47.1 Å². The van der Waals surface area contributed by atoms with Crippen molar-refractivity contribution in [1.82, 2.24) is 10.2 Å². The highest BCUT2D eigenvalue weighted by Gasteiger charge is 2.27. The van der Waals surface area contributed by atoms with Crippen LogP contribution in [0.4, 0.5) is 0 Å². The van der Waals surface area contributed by atoms with Gasteiger partial charge in [0.05, 0.1) is 6.54 Å². The summed E-state index contributed by atoms with van der Waals surface area (Å²) in [5.74, 6) is 0.256. The monoisotopic (exact) mass is 240 g/mol. The van der Waals surface area contributed by atoms with Crippen molar-refractivity contribution in [2.24, 2.45) is 0 Å². The normalized spacial score (nSPS) is 21.5. The third-order valence-electron chi connectivity index (χ3n) is 2.88. The fraction of sp³-hybridized carbons (Fsp3) is 0.846. The molecule has 1 rings (SSSR count). The van der Waals surface area contributed by atoms with E-state index >= 15 is 0 Å². The van der Waals surface area contributed by atoms with Crippen LogP contribution < -0.4 is 5.32 Å². The zero-order chi connectivity index (χ0) is 13.1. The minimum atomic E-state index is -0.188. The molecule has 0 aliphatic carbocycles. The standard InChI is InChI=1S/C13H24N2O2/c1-10(16)8-11-6-5-7-15(11)9-12(17)14-13(2,3)4/h11H,5-9H2,1-4H3,(H,14,17). The Balaban J connectivity index is 2.44. The maximum atomic E-state index is 11.8. The lowest BCUT2D eigenvalue weighted by Gasteiger charge is -2.26. The molecule has 1 fully saturated rings. The third-order valence-corrected chi connectivity index (χ3v) is 2.88. The van der Waals surface area contributed by atoms with Crippen LogP contribution in [0.2, 0.25) is 0 Å². The number of rotatable bonds is 4. The molecule has 1 aliphatic rings. The summed E-state index contributed by atoms with van der Waals surface area (Å²) in [4.78, 5) is 25.1. The highest BCUT2D eigenvalue weighted by Crippen LogP contribution is 2.19. The van der Waals surface area contributed by atoms with Crippen molar-refractivity contribution < 1.29 is 9.59 Å². The van der Waals surface area contributed by atoms with E-state index in [1.54, 1.807) is 6.92 Å². The van der Waals surface area contributed by atoms with Crippen molar-refractivity contribution in [1.29, 1.82) is 0 Å². The molecule has 0 aromatic heterocycles. The Hall–Kier alpha value is -0.900. The summed E-state index contributed by atoms with van der Waals surface area (Å²) in [5, 5.41) is 2.95. The van der Waals surface area contributed by atoms with E-state index in [1.165, 1.54) is 0 Å². The molecule has 0 aromatic carbocycles. The van der Waals surface area contributed by atoms with Crippen LogP contribution in [0.25, 0.3) is 0 Å². The molecular weight excluding hydrogens is 216 g/mol. The van der Waals surface area contributed by atoms with E-state index in [1.807, 2.05) is 20.8 Å². The van der Waals surface area contributed by atoms with Crippen molar-refractivity contribution in [3.05, 3.63) is 0 Å². The minimum absolute atomic E-state index is 0.0490. The summed E-state index contributed by atoms with van der Waals surface area (Å²) >= 11 is 0. The molecule has 1 N–H and O–H groups in total. The summed E-state index contributed by atoms with van der Waals surface area (Å²) in [6.45, 7) is 8.88. The maximum absolute atomic E-state index is 11.8. The number of Topliss-reactive ketones (excluding diaryl/α,β-unsaturated/α-hetero) is 1. The van der Waals surface area contributed by atoms with Gasteiger partial charge in [-0.15, -0.1) is 0 Å². The predicted octanol–water partition coefficient (Wildman–Crippen LogP) is 1.34. The molecule has 1 amide bonds. The van der Waals surface area contributed by atoms with E-state index < -0.39 is 0 Å². The fourth-order valence-corrected chi connectivity index (χ4v) is 2.31. The molecule has 1 aliphatic heterocycles. The average molecular weight is 240 g/mol. The second-order valence-electron chi connectivity index (χ2n) is 5.97. The van der Waals surface area contributed by atoms with Crippen molar-refractivity contribution in [3.8, 4) is 0 Å². The van der Waals surface area contributed by atoms with Crippen molar-refractivity contribution in [3.63, 3.8) is 0 Å². The molecule has 1 heterocycles. The van der Waals surface area contributed by atoms with Gasteiger partial charge >= 0.3 is 0 Å². The number of hydrogen-bond acceptors (Lipinski definition) is 3. The molecule has 4 heteroatoms. The molecule has 1 saturated heterocycles. The Bertz CT molecular complexity index is 294. The second-order valence-corrected chi connectivity index (χ2v) is 5.97. The molecule has 4 nitrogen and oxygen atoms in total. The smallest absolute Gasteiger partial charge is 0.234 e. The predicted molar refractivity (Wildman–Crippen MR) is 67.8 cm³/mol. The number of likely N-dealkylation sites (tertiary alicyclic amines) is 1. The summed E-state index contributed by atoms with van der Waals surface area (Å²) in [6.07, 6.45) is 2.69. The Morgan fingerprint density at radius 1 is 1.35 bits per heavy atom. The number of carbonyl (C=O) groups is 2. The largest absolute Gasteiger partial charge is 0.350 e. The number of nitrogens with one attached hydrogen (secondary N) is 1. The van der Waals surface area contributed by atoms with Gasteiger partial charge in [0.2, 0.25) is 5.91 Å². The van der Waals surface area contributed by atoms with E-state index in [0.29, 0.717) is 13.0 Å². The second kappa shape index (κ2) is 5.63. The Morgan fingerprint density at radius 3 is 2.53 bits per heavy atom. The fourth-order valence-electron chi connectivity index (χ4n) is 2.31. The van der Waals surface area contributed by atoms with E-state index in [2.05, 4.69) is 10.2 Å². The van der Waals surface area contributed by atoms with Crippen LogP contribution >= 0.6 is 0 Å². The first-order valence-corrected chi connectivity index (χ1v) is 6.32. The van der Waals surface area contributed by atoms with Crippen LogP contribution in [0, 0.1) is 0 Å². The molecule has 0 spiro atoms. The zero-order valence-corrected chi connectivity index (χ0v) is 11.4. The van der Waals surface area contributed by atoms with Crippen LogP contribution in [-0.2, 0) is 9.59 Å². The third kappa shape index (κ3) is 5.31. The van der Waals surface area contributed by atoms with E-state index in [4.69, 9.17) is 0 Å². The molecule has 98 valence electrons. The lowest BCUT2D eigenvalue weighted by atomic mass is 10.1. The first-order chi connectivity index (χ1) is 7.78. The maximum Gasteiger partial charge on any atom is 0.234 e. The van der Waals surface area contributed by atoms with Crippen LogP contribution in [-0.4, -0.2) is 41.3 Å². The van der Waals surface area contributed by atoms with E-state index in [9.17, 15) is 9.59 Å². The summed E-state index contributed by atoms with van der Waals surface area (Å²) in [6, 6.07) is 0.262. The summed E-state index contributed by atoms with van der Waals surface area (Å²) in [7, 11) is 0. The molecule has 0 radical (unpaired) electrons. The summed E-state index contributed by atoms with van der Waals surface area (Å²) in [5.41, 5.74) is -0.188. The number of ketones is 1. The lowest BCUT2D eigenvalue weighted by molar-refractivity contribution is -0.125. The van der Waals surface area contributed by atoms with Gasteiger partial charge in [-0.2, -0.15) is 0 Å². The Labute approximate surface area is 104 Å². The van der Waals surface area contributed by atoms with Gasteiger partial charge in [0, 0.05) is 18.0 Å². The van der Waals surface area contributed by atoms with Gasteiger partial charge in [0.25, 0.3) is 0 Å². The molecule has 0 bridgehead atoms. The van der Waals surface area contributed by atoms with Crippen LogP contribution in [0.1, 0.15) is 47.0 Å². The Kier molecular flexibility index (Phi) is 4.69. The quantitative estimate of drug-likeness (QED) is 0.807. The SMILES string of the molecule is CC(=O)CC1CCCN1CC(=O)NC(C)(C)C. The highest BCUT2D eigenvalue weighted by molar-refractivity contribution is 5.79. The zero-order valence-electron chi connectivity index (χ0n) is 11.4. The first kappa shape index (κ1) is 14.2. The molecule has 1 atom stereocenters. The Morgan fingerprint density at radius 2 is 2.00 bits per heavy atom. The molecule has 0 aromatic rings. The van der Waals surface area contributed by atoms with Gasteiger partial charge in [-0.1, -0.05) is 0 Å². The van der Waals surface area contributed by atoms with Gasteiger partial charge in [0.15, 0.2) is 0 Å². The van der Waals surface area contributed by atoms with Crippen LogP contribution in [0.3, 0.4) is 0 Å². The highest BCUT2D eigenvalue weighted by atomic mass is 16.2.